The van der Waals surface area contributed by atoms with E-state index in [9.17, 15) is 12.8 Å². The first-order valence-corrected chi connectivity index (χ1v) is 11.1. The van der Waals surface area contributed by atoms with Gasteiger partial charge in [0, 0.05) is 25.2 Å². The molecule has 0 aliphatic heterocycles. The van der Waals surface area contributed by atoms with Crippen LogP contribution in [0.1, 0.15) is 28.8 Å². The van der Waals surface area contributed by atoms with Crippen molar-refractivity contribution in [2.75, 3.05) is 13.3 Å². The molecule has 0 aliphatic rings. The predicted octanol–water partition coefficient (Wildman–Crippen LogP) is 2.87. The number of aryl methyl sites for hydroxylation is 1. The standard InChI is InChI=1S/C17H23FN4O2S2.HI/c1-4-16-22-15(10-25-16)9-21-17(19-2)20-8-13-7-14(18)6-5-12(13)11-26(3,23)24;/h5-7,10H,4,8-9,11H2,1-3H3,(H2,19,20,21);1H. The molecule has 0 radical (unpaired) electrons. The molecule has 0 saturated carbocycles. The molecule has 150 valence electrons. The highest BCUT2D eigenvalue weighted by Gasteiger charge is 2.11. The molecule has 0 unspecified atom stereocenters. The van der Waals surface area contributed by atoms with Crippen LogP contribution >= 0.6 is 35.3 Å². The molecule has 6 nitrogen and oxygen atoms in total. The minimum Gasteiger partial charge on any atom is -0.352 e. The maximum Gasteiger partial charge on any atom is 0.191 e. The number of hydrogen-bond acceptors (Lipinski definition) is 5. The fourth-order valence-corrected chi connectivity index (χ4v) is 3.94. The fraction of sp³-hybridized carbons (Fsp3) is 0.412. The van der Waals surface area contributed by atoms with E-state index < -0.39 is 15.7 Å². The summed E-state index contributed by atoms with van der Waals surface area (Å²) in [5, 5.41) is 9.30. The van der Waals surface area contributed by atoms with Crippen molar-refractivity contribution in [1.29, 1.82) is 0 Å². The highest BCUT2D eigenvalue weighted by atomic mass is 127. The Bertz CT molecular complexity index is 885. The highest BCUT2D eigenvalue weighted by molar-refractivity contribution is 14.0. The lowest BCUT2D eigenvalue weighted by Crippen LogP contribution is -2.36. The van der Waals surface area contributed by atoms with Gasteiger partial charge in [-0.3, -0.25) is 4.99 Å². The first-order valence-electron chi connectivity index (χ1n) is 8.13. The minimum absolute atomic E-state index is 0. The summed E-state index contributed by atoms with van der Waals surface area (Å²) in [5.41, 5.74) is 2.09. The molecule has 2 rings (SSSR count). The van der Waals surface area contributed by atoms with Gasteiger partial charge < -0.3 is 10.6 Å². The molecule has 0 spiro atoms. The molecule has 27 heavy (non-hydrogen) atoms. The zero-order valence-electron chi connectivity index (χ0n) is 15.5. The van der Waals surface area contributed by atoms with Crippen molar-refractivity contribution in [2.24, 2.45) is 4.99 Å². The van der Waals surface area contributed by atoms with Crippen molar-refractivity contribution in [3.63, 3.8) is 0 Å². The number of nitrogens with one attached hydrogen (secondary N) is 2. The summed E-state index contributed by atoms with van der Waals surface area (Å²) < 4.78 is 36.7. The summed E-state index contributed by atoms with van der Waals surface area (Å²) in [4.78, 5) is 8.61. The lowest BCUT2D eigenvalue weighted by atomic mass is 10.1. The minimum atomic E-state index is -3.21. The maximum atomic E-state index is 13.6. The summed E-state index contributed by atoms with van der Waals surface area (Å²) in [6.07, 6.45) is 2.06. The summed E-state index contributed by atoms with van der Waals surface area (Å²) in [6, 6.07) is 4.12. The van der Waals surface area contributed by atoms with E-state index in [0.29, 0.717) is 23.6 Å². The van der Waals surface area contributed by atoms with Crippen LogP contribution in [-0.4, -0.2) is 32.7 Å². The number of sulfone groups is 1. The van der Waals surface area contributed by atoms with Gasteiger partial charge in [0.25, 0.3) is 0 Å². The van der Waals surface area contributed by atoms with E-state index in [1.807, 2.05) is 5.38 Å². The Morgan fingerprint density at radius 3 is 2.56 bits per heavy atom. The largest absolute Gasteiger partial charge is 0.352 e. The number of aromatic nitrogens is 1. The number of benzene rings is 1. The maximum absolute atomic E-state index is 13.6. The number of thiazole rings is 1. The number of guanidine groups is 1. The van der Waals surface area contributed by atoms with Crippen molar-refractivity contribution >= 4 is 51.1 Å². The van der Waals surface area contributed by atoms with Crippen LogP contribution in [0.15, 0.2) is 28.6 Å². The van der Waals surface area contributed by atoms with Crippen molar-refractivity contribution in [1.82, 2.24) is 15.6 Å². The Balaban J connectivity index is 0.00000364. The first kappa shape index (κ1) is 23.8. The van der Waals surface area contributed by atoms with Crippen molar-refractivity contribution < 1.29 is 12.8 Å². The molecule has 0 atom stereocenters. The normalized spacial score (nSPS) is 11.8. The number of nitrogens with zero attached hydrogens (tertiary/aromatic N) is 2. The van der Waals surface area contributed by atoms with E-state index in [2.05, 4.69) is 27.5 Å². The Kier molecular flexibility index (Phi) is 9.60. The number of aliphatic imine (C=N–C) groups is 1. The smallest absolute Gasteiger partial charge is 0.191 e. The molecule has 10 heteroatoms. The quantitative estimate of drug-likeness (QED) is 0.330. The summed E-state index contributed by atoms with van der Waals surface area (Å²) >= 11 is 1.62. The van der Waals surface area contributed by atoms with Gasteiger partial charge in [-0.05, 0) is 29.7 Å². The number of halogens is 2. The lowest BCUT2D eigenvalue weighted by molar-refractivity contribution is 0.599. The van der Waals surface area contributed by atoms with E-state index in [1.54, 1.807) is 18.4 Å². The van der Waals surface area contributed by atoms with Crippen molar-refractivity contribution in [3.8, 4) is 0 Å². The van der Waals surface area contributed by atoms with Crippen LogP contribution in [0.4, 0.5) is 4.39 Å². The summed E-state index contributed by atoms with van der Waals surface area (Å²) in [7, 11) is -1.57. The van der Waals surface area contributed by atoms with Crippen LogP contribution in [0.3, 0.4) is 0 Å². The Morgan fingerprint density at radius 1 is 1.26 bits per heavy atom. The second kappa shape index (κ2) is 10.9. The second-order valence-corrected chi connectivity index (χ2v) is 8.93. The summed E-state index contributed by atoms with van der Waals surface area (Å²) in [6.45, 7) is 2.85. The van der Waals surface area contributed by atoms with Crippen LogP contribution in [0, 0.1) is 5.82 Å². The Hall–Kier alpha value is -1.27. The van der Waals surface area contributed by atoms with E-state index in [1.165, 1.54) is 18.2 Å². The van der Waals surface area contributed by atoms with Gasteiger partial charge in [-0.25, -0.2) is 17.8 Å². The molecule has 1 aromatic carbocycles. The van der Waals surface area contributed by atoms with Crippen LogP contribution in [-0.2, 0) is 35.1 Å². The van der Waals surface area contributed by atoms with Gasteiger partial charge in [-0.15, -0.1) is 35.3 Å². The average Bonchev–Trinajstić information content (AvgIpc) is 3.04. The average molecular weight is 526 g/mol. The van der Waals surface area contributed by atoms with E-state index >= 15 is 0 Å². The molecule has 0 amide bonds. The van der Waals surface area contributed by atoms with Gasteiger partial charge in [-0.2, -0.15) is 0 Å². The lowest BCUT2D eigenvalue weighted by Gasteiger charge is -2.14. The molecule has 0 fully saturated rings. The van der Waals surface area contributed by atoms with Crippen LogP contribution in [0.5, 0.6) is 0 Å². The van der Waals surface area contributed by atoms with Gasteiger partial charge in [0.1, 0.15) is 5.82 Å². The second-order valence-electron chi connectivity index (χ2n) is 5.85. The third kappa shape index (κ3) is 8.09. The van der Waals surface area contributed by atoms with Crippen LogP contribution in [0.25, 0.3) is 0 Å². The summed E-state index contributed by atoms with van der Waals surface area (Å²) in [5.74, 6) is -0.00300. The van der Waals surface area contributed by atoms with E-state index in [-0.39, 0.29) is 36.3 Å². The first-order chi connectivity index (χ1) is 12.3. The van der Waals surface area contributed by atoms with Gasteiger partial charge >= 0.3 is 0 Å². The third-order valence-corrected chi connectivity index (χ3v) is 5.47. The number of hydrogen-bond donors (Lipinski definition) is 2. The predicted molar refractivity (Wildman–Crippen MR) is 119 cm³/mol. The molecule has 0 aliphatic carbocycles. The molecule has 2 N–H and O–H groups in total. The molecule has 0 saturated heterocycles. The van der Waals surface area contributed by atoms with Gasteiger partial charge in [0.2, 0.25) is 0 Å². The van der Waals surface area contributed by atoms with Crippen LogP contribution < -0.4 is 10.6 Å². The molecule has 1 heterocycles. The Morgan fingerprint density at radius 2 is 1.96 bits per heavy atom. The molecular weight excluding hydrogens is 502 g/mol. The third-order valence-electron chi connectivity index (χ3n) is 3.59. The number of rotatable bonds is 7. The topological polar surface area (TPSA) is 83.4 Å². The monoisotopic (exact) mass is 526 g/mol. The Labute approximate surface area is 180 Å². The van der Waals surface area contributed by atoms with Crippen LogP contribution in [0.2, 0.25) is 0 Å². The molecule has 1 aromatic heterocycles. The van der Waals surface area contributed by atoms with Gasteiger partial charge in [0.15, 0.2) is 15.8 Å². The SMILES string of the molecule is CCc1nc(CNC(=NC)NCc2cc(F)ccc2CS(C)(=O)=O)cs1.I. The fourth-order valence-electron chi connectivity index (χ4n) is 2.35. The van der Waals surface area contributed by atoms with Crippen molar-refractivity contribution in [2.45, 2.75) is 32.2 Å². The highest BCUT2D eigenvalue weighted by Crippen LogP contribution is 2.14. The van der Waals surface area contributed by atoms with Crippen molar-refractivity contribution in [3.05, 3.63) is 51.2 Å². The molecule has 2 aromatic rings. The molecular formula is C17H24FIN4O2S2. The van der Waals surface area contributed by atoms with Gasteiger partial charge in [-0.1, -0.05) is 13.0 Å². The van der Waals surface area contributed by atoms with E-state index in [4.69, 9.17) is 0 Å². The zero-order valence-corrected chi connectivity index (χ0v) is 19.4. The molecule has 0 bridgehead atoms. The zero-order chi connectivity index (χ0) is 19.2. The van der Waals surface area contributed by atoms with E-state index in [0.717, 1.165) is 23.4 Å². The van der Waals surface area contributed by atoms with Gasteiger partial charge in [0.05, 0.1) is 23.0 Å².